The Hall–Kier alpha value is -1.50. The van der Waals surface area contributed by atoms with E-state index in [4.69, 9.17) is 11.6 Å². The molecule has 0 spiro atoms. The number of nitrogens with zero attached hydrogens (tertiary/aromatic N) is 1. The lowest BCUT2D eigenvalue weighted by molar-refractivity contribution is 0.0737. The van der Waals surface area contributed by atoms with Crippen LogP contribution in [0, 0.1) is 0 Å². The second-order valence-corrected chi connectivity index (χ2v) is 7.78. The molecule has 1 unspecified atom stereocenters. The number of halogens is 2. The van der Waals surface area contributed by atoms with Crippen molar-refractivity contribution in [2.24, 2.45) is 0 Å². The molecule has 0 radical (unpaired) electrons. The molecule has 1 aromatic carbocycles. The van der Waals surface area contributed by atoms with Crippen molar-refractivity contribution in [1.29, 1.82) is 0 Å². The van der Waals surface area contributed by atoms with Gasteiger partial charge in [0, 0.05) is 30.4 Å². The predicted molar refractivity (Wildman–Crippen MR) is 109 cm³/mol. The molecule has 1 aliphatic heterocycles. The quantitative estimate of drug-likeness (QED) is 0.721. The Balaban J connectivity index is 0.00000338. The Morgan fingerprint density at radius 2 is 2.00 bits per heavy atom. The molecule has 1 aromatic rings. The van der Waals surface area contributed by atoms with Gasteiger partial charge in [-0.15, -0.1) is 12.4 Å². The van der Waals surface area contributed by atoms with Gasteiger partial charge in [0.2, 0.25) is 0 Å². The summed E-state index contributed by atoms with van der Waals surface area (Å²) in [5.41, 5.74) is 0.613. The molecule has 2 rings (SSSR count). The zero-order valence-corrected chi connectivity index (χ0v) is 17.3. The first-order valence-electron chi connectivity index (χ1n) is 8.55. The minimum absolute atomic E-state index is 0. The zero-order chi connectivity index (χ0) is 18.6. The third kappa shape index (κ3) is 6.04. The summed E-state index contributed by atoms with van der Waals surface area (Å²) in [5, 5.41) is 9.10. The van der Waals surface area contributed by atoms with Crippen LogP contribution in [0.5, 0.6) is 0 Å². The molecule has 0 bridgehead atoms. The van der Waals surface area contributed by atoms with Gasteiger partial charge >= 0.3 is 6.03 Å². The van der Waals surface area contributed by atoms with Crippen LogP contribution in [0.3, 0.4) is 0 Å². The molecule has 1 atom stereocenters. The van der Waals surface area contributed by atoms with E-state index in [1.165, 1.54) is 0 Å². The molecule has 1 saturated heterocycles. The Labute approximate surface area is 166 Å². The third-order valence-electron chi connectivity index (χ3n) is 4.02. The molecule has 26 heavy (non-hydrogen) atoms. The highest BCUT2D eigenvalue weighted by atomic mass is 35.5. The van der Waals surface area contributed by atoms with E-state index in [1.54, 1.807) is 18.2 Å². The van der Waals surface area contributed by atoms with Gasteiger partial charge in [0.05, 0.1) is 10.6 Å². The number of hydrogen-bond donors (Lipinski definition) is 3. The average Bonchev–Trinajstić information content (AvgIpc) is 2.95. The molecule has 146 valence electrons. The van der Waals surface area contributed by atoms with Gasteiger partial charge in [0.1, 0.15) is 0 Å². The van der Waals surface area contributed by atoms with Crippen LogP contribution in [0.25, 0.3) is 0 Å². The highest BCUT2D eigenvalue weighted by molar-refractivity contribution is 6.34. The van der Waals surface area contributed by atoms with Crippen LogP contribution in [0.2, 0.25) is 5.02 Å². The second kappa shape index (κ2) is 9.44. The normalized spacial score (nSPS) is 16.8. The summed E-state index contributed by atoms with van der Waals surface area (Å²) in [6, 6.07) is 4.83. The topological polar surface area (TPSA) is 73.5 Å². The van der Waals surface area contributed by atoms with Gasteiger partial charge < -0.3 is 20.9 Å². The monoisotopic (exact) mass is 402 g/mol. The molecular formula is C18H28Cl2N4O2. The standard InChI is InChI=1S/C18H27ClN4O2.ClH/c1-18(2,3)22-17(25)21-12-7-8-15(19)14(10-12)16(24)23-9-5-6-13(23)11-20-4;/h7-8,10,13,20H,5-6,9,11H2,1-4H3,(H2,21,22,25);1H. The average molecular weight is 403 g/mol. The van der Waals surface area contributed by atoms with Crippen molar-refractivity contribution in [3.05, 3.63) is 28.8 Å². The molecule has 3 amide bonds. The number of carbonyl (C=O) groups is 2. The predicted octanol–water partition coefficient (Wildman–Crippen LogP) is 3.51. The first-order valence-corrected chi connectivity index (χ1v) is 8.93. The van der Waals surface area contributed by atoms with Gasteiger partial charge in [-0.25, -0.2) is 4.79 Å². The molecule has 8 heteroatoms. The summed E-state index contributed by atoms with van der Waals surface area (Å²) in [5.74, 6) is -0.0948. The van der Waals surface area contributed by atoms with E-state index in [2.05, 4.69) is 16.0 Å². The molecule has 6 nitrogen and oxygen atoms in total. The molecular weight excluding hydrogens is 375 g/mol. The molecule has 0 saturated carbocycles. The molecule has 3 N–H and O–H groups in total. The second-order valence-electron chi connectivity index (χ2n) is 7.38. The van der Waals surface area contributed by atoms with Gasteiger partial charge in [-0.05, 0) is 58.9 Å². The smallest absolute Gasteiger partial charge is 0.319 e. The van der Waals surface area contributed by atoms with E-state index >= 15 is 0 Å². The van der Waals surface area contributed by atoms with E-state index in [1.807, 2.05) is 32.7 Å². The highest BCUT2D eigenvalue weighted by Crippen LogP contribution is 2.26. The van der Waals surface area contributed by atoms with E-state index in [0.29, 0.717) is 16.3 Å². The van der Waals surface area contributed by atoms with Crippen LogP contribution in [0.15, 0.2) is 18.2 Å². The fraction of sp³-hybridized carbons (Fsp3) is 0.556. The maximum Gasteiger partial charge on any atom is 0.319 e. The van der Waals surface area contributed by atoms with Crippen molar-refractivity contribution in [2.45, 2.75) is 45.2 Å². The minimum Gasteiger partial charge on any atom is -0.334 e. The van der Waals surface area contributed by atoms with Crippen LogP contribution >= 0.6 is 24.0 Å². The lowest BCUT2D eigenvalue weighted by atomic mass is 10.1. The maximum absolute atomic E-state index is 12.9. The highest BCUT2D eigenvalue weighted by Gasteiger charge is 2.30. The maximum atomic E-state index is 12.9. The van der Waals surface area contributed by atoms with E-state index in [-0.39, 0.29) is 35.9 Å². The van der Waals surface area contributed by atoms with Crippen LogP contribution < -0.4 is 16.0 Å². The van der Waals surface area contributed by atoms with E-state index in [9.17, 15) is 9.59 Å². The van der Waals surface area contributed by atoms with Gasteiger partial charge in [-0.1, -0.05) is 11.6 Å². The number of urea groups is 1. The fourth-order valence-corrected chi connectivity index (χ4v) is 3.17. The van der Waals surface area contributed by atoms with Gasteiger partial charge in [0.15, 0.2) is 0 Å². The van der Waals surface area contributed by atoms with Gasteiger partial charge in [0.25, 0.3) is 5.91 Å². The van der Waals surface area contributed by atoms with Crippen molar-refractivity contribution in [2.75, 3.05) is 25.5 Å². The Morgan fingerprint density at radius 3 is 2.62 bits per heavy atom. The molecule has 0 aromatic heterocycles. The number of likely N-dealkylation sites (N-methyl/N-ethyl adjacent to an activating group) is 1. The number of benzene rings is 1. The number of anilines is 1. The summed E-state index contributed by atoms with van der Waals surface area (Å²) >= 11 is 6.25. The van der Waals surface area contributed by atoms with Crippen molar-refractivity contribution in [1.82, 2.24) is 15.5 Å². The van der Waals surface area contributed by atoms with E-state index < -0.39 is 0 Å². The summed E-state index contributed by atoms with van der Waals surface area (Å²) in [7, 11) is 1.88. The molecule has 1 heterocycles. The summed E-state index contributed by atoms with van der Waals surface area (Å²) in [6.07, 6.45) is 1.97. The zero-order valence-electron chi connectivity index (χ0n) is 15.7. The minimum atomic E-state index is -0.342. The fourth-order valence-electron chi connectivity index (χ4n) is 2.98. The number of hydrogen-bond acceptors (Lipinski definition) is 3. The first kappa shape index (κ1) is 22.5. The SMILES string of the molecule is CNCC1CCCN1C(=O)c1cc(NC(=O)NC(C)(C)C)ccc1Cl.Cl. The number of nitrogens with one attached hydrogen (secondary N) is 3. The molecule has 1 fully saturated rings. The number of carbonyl (C=O) groups excluding carboxylic acids is 2. The number of amides is 3. The third-order valence-corrected chi connectivity index (χ3v) is 4.35. The summed E-state index contributed by atoms with van der Waals surface area (Å²) in [4.78, 5) is 26.8. The summed E-state index contributed by atoms with van der Waals surface area (Å²) < 4.78 is 0. The first-order chi connectivity index (χ1) is 11.7. The lowest BCUT2D eigenvalue weighted by Crippen LogP contribution is -2.43. The molecule has 0 aliphatic carbocycles. The van der Waals surface area contributed by atoms with Crippen LogP contribution in [0.1, 0.15) is 44.0 Å². The van der Waals surface area contributed by atoms with Gasteiger partial charge in [-0.3, -0.25) is 4.79 Å². The van der Waals surface area contributed by atoms with Crippen molar-refractivity contribution in [3.63, 3.8) is 0 Å². The number of rotatable bonds is 4. The van der Waals surface area contributed by atoms with Gasteiger partial charge in [-0.2, -0.15) is 0 Å². The van der Waals surface area contributed by atoms with Crippen molar-refractivity contribution < 1.29 is 9.59 Å². The van der Waals surface area contributed by atoms with E-state index in [0.717, 1.165) is 25.9 Å². The molecule has 1 aliphatic rings. The van der Waals surface area contributed by atoms with Crippen LogP contribution in [-0.4, -0.2) is 48.6 Å². The summed E-state index contributed by atoms with van der Waals surface area (Å²) in [6.45, 7) is 7.19. The number of likely N-dealkylation sites (tertiary alicyclic amines) is 1. The van der Waals surface area contributed by atoms with Crippen molar-refractivity contribution >= 4 is 41.6 Å². The Kier molecular flexibility index (Phi) is 8.18. The lowest BCUT2D eigenvalue weighted by Gasteiger charge is -2.25. The van der Waals surface area contributed by atoms with Crippen LogP contribution in [0.4, 0.5) is 10.5 Å². The Bertz CT molecular complexity index is 647. The van der Waals surface area contributed by atoms with Crippen LogP contribution in [-0.2, 0) is 0 Å². The van der Waals surface area contributed by atoms with Crippen molar-refractivity contribution in [3.8, 4) is 0 Å². The Morgan fingerprint density at radius 1 is 1.31 bits per heavy atom. The largest absolute Gasteiger partial charge is 0.334 e.